The average Bonchev–Trinajstić information content (AvgIpc) is 2.71. The van der Waals surface area contributed by atoms with Crippen LogP contribution in [0.15, 0.2) is 24.4 Å². The molecule has 1 aromatic carbocycles. The van der Waals surface area contributed by atoms with Crippen LogP contribution in [0.25, 0.3) is 11.1 Å². The van der Waals surface area contributed by atoms with Crippen LogP contribution in [-0.4, -0.2) is 20.9 Å². The molecule has 0 aliphatic carbocycles. The Balaban J connectivity index is 2.57. The molecule has 0 amide bonds. The van der Waals surface area contributed by atoms with E-state index >= 15 is 0 Å². The Morgan fingerprint density at radius 1 is 1.42 bits per heavy atom. The molecule has 2 aromatic rings. The van der Waals surface area contributed by atoms with Gasteiger partial charge in [0.2, 0.25) is 0 Å². The van der Waals surface area contributed by atoms with E-state index in [2.05, 4.69) is 12.0 Å². The summed E-state index contributed by atoms with van der Waals surface area (Å²) in [7, 11) is 1.84. The van der Waals surface area contributed by atoms with Crippen molar-refractivity contribution in [2.75, 3.05) is 0 Å². The predicted octanol–water partition coefficient (Wildman–Crippen LogP) is 3.39. The molecule has 100 valence electrons. The van der Waals surface area contributed by atoms with Crippen LogP contribution >= 0.6 is 11.6 Å². The molecule has 0 spiro atoms. The number of nitrogens with zero attached hydrogens (tertiary/aromatic N) is 2. The summed E-state index contributed by atoms with van der Waals surface area (Å²) >= 11 is 6.19. The first-order valence-corrected chi connectivity index (χ1v) is 6.46. The van der Waals surface area contributed by atoms with E-state index in [0.29, 0.717) is 5.02 Å². The molecule has 0 aliphatic rings. The van der Waals surface area contributed by atoms with Crippen molar-refractivity contribution in [3.8, 4) is 11.1 Å². The maximum Gasteiger partial charge on any atom is 0.335 e. The standard InChI is InChI=1S/C14H15ClN2O2/c1-3-4-13-11(8-17(2)16-13)10-7-9(14(18)19)5-6-12(10)15/h5-8H,3-4H2,1-2H3,(H,18,19). The lowest BCUT2D eigenvalue weighted by Crippen LogP contribution is -1.97. The number of carbonyl (C=O) groups is 1. The summed E-state index contributed by atoms with van der Waals surface area (Å²) < 4.78 is 1.73. The van der Waals surface area contributed by atoms with E-state index in [-0.39, 0.29) is 5.56 Å². The van der Waals surface area contributed by atoms with Gasteiger partial charge in [0, 0.05) is 29.4 Å². The van der Waals surface area contributed by atoms with Gasteiger partial charge in [0.25, 0.3) is 0 Å². The highest BCUT2D eigenvalue weighted by Crippen LogP contribution is 2.31. The van der Waals surface area contributed by atoms with E-state index in [4.69, 9.17) is 16.7 Å². The molecule has 0 saturated carbocycles. The molecule has 0 radical (unpaired) electrons. The highest BCUT2D eigenvalue weighted by atomic mass is 35.5. The summed E-state index contributed by atoms with van der Waals surface area (Å²) in [4.78, 5) is 11.0. The van der Waals surface area contributed by atoms with Gasteiger partial charge in [-0.05, 0) is 24.6 Å². The smallest absolute Gasteiger partial charge is 0.335 e. The number of halogens is 1. The normalized spacial score (nSPS) is 10.7. The minimum atomic E-state index is -0.959. The molecule has 0 aliphatic heterocycles. The number of rotatable bonds is 4. The molecule has 1 heterocycles. The van der Waals surface area contributed by atoms with Gasteiger partial charge in [0.05, 0.1) is 11.3 Å². The fraction of sp³-hybridized carbons (Fsp3) is 0.286. The second-order valence-electron chi connectivity index (χ2n) is 4.41. The van der Waals surface area contributed by atoms with Crippen LogP contribution < -0.4 is 0 Å². The molecule has 0 unspecified atom stereocenters. The van der Waals surface area contributed by atoms with E-state index in [0.717, 1.165) is 29.7 Å². The minimum Gasteiger partial charge on any atom is -0.478 e. The number of aromatic carboxylic acids is 1. The monoisotopic (exact) mass is 278 g/mol. The second-order valence-corrected chi connectivity index (χ2v) is 4.82. The lowest BCUT2D eigenvalue weighted by atomic mass is 10.0. The first-order chi connectivity index (χ1) is 9.02. The van der Waals surface area contributed by atoms with E-state index in [1.165, 1.54) is 6.07 Å². The first-order valence-electron chi connectivity index (χ1n) is 6.08. The molecule has 0 fully saturated rings. The van der Waals surface area contributed by atoms with Crippen molar-refractivity contribution in [3.05, 3.63) is 40.7 Å². The molecule has 1 aromatic heterocycles. The number of carboxylic acid groups (broad SMARTS) is 1. The van der Waals surface area contributed by atoms with E-state index < -0.39 is 5.97 Å². The maximum absolute atomic E-state index is 11.0. The summed E-state index contributed by atoms with van der Waals surface area (Å²) in [5, 5.41) is 14.0. The molecule has 0 atom stereocenters. The Bertz CT molecular complexity index is 620. The molecular weight excluding hydrogens is 264 g/mol. The molecule has 4 nitrogen and oxygen atoms in total. The van der Waals surface area contributed by atoms with Crippen LogP contribution in [0, 0.1) is 0 Å². The topological polar surface area (TPSA) is 55.1 Å². The van der Waals surface area contributed by atoms with Gasteiger partial charge in [-0.15, -0.1) is 0 Å². The van der Waals surface area contributed by atoms with Crippen molar-refractivity contribution < 1.29 is 9.90 Å². The number of hydrogen-bond acceptors (Lipinski definition) is 2. The molecule has 2 rings (SSSR count). The zero-order chi connectivity index (χ0) is 14.0. The summed E-state index contributed by atoms with van der Waals surface area (Å²) in [5.74, 6) is -0.959. The van der Waals surface area contributed by atoms with Gasteiger partial charge in [-0.2, -0.15) is 5.10 Å². The van der Waals surface area contributed by atoms with Gasteiger partial charge in [0.15, 0.2) is 0 Å². The van der Waals surface area contributed by atoms with Crippen molar-refractivity contribution in [1.29, 1.82) is 0 Å². The van der Waals surface area contributed by atoms with Gasteiger partial charge in [-0.1, -0.05) is 24.9 Å². The van der Waals surface area contributed by atoms with Crippen LogP contribution in [0.3, 0.4) is 0 Å². The van der Waals surface area contributed by atoms with Crippen LogP contribution in [0.2, 0.25) is 5.02 Å². The van der Waals surface area contributed by atoms with Gasteiger partial charge in [0.1, 0.15) is 0 Å². The third-order valence-corrected chi connectivity index (χ3v) is 3.23. The minimum absolute atomic E-state index is 0.228. The van der Waals surface area contributed by atoms with Gasteiger partial charge < -0.3 is 5.11 Å². The van der Waals surface area contributed by atoms with Crippen LogP contribution in [-0.2, 0) is 13.5 Å². The summed E-state index contributed by atoms with van der Waals surface area (Å²) in [6.45, 7) is 2.08. The largest absolute Gasteiger partial charge is 0.478 e. The lowest BCUT2D eigenvalue weighted by Gasteiger charge is -2.05. The quantitative estimate of drug-likeness (QED) is 0.933. The average molecular weight is 279 g/mol. The second kappa shape index (κ2) is 5.45. The summed E-state index contributed by atoms with van der Waals surface area (Å²) in [5.41, 5.74) is 2.79. The van der Waals surface area contributed by atoms with Crippen molar-refractivity contribution in [2.45, 2.75) is 19.8 Å². The number of benzene rings is 1. The highest BCUT2D eigenvalue weighted by Gasteiger charge is 2.14. The molecular formula is C14H15ClN2O2. The fourth-order valence-corrected chi connectivity index (χ4v) is 2.27. The van der Waals surface area contributed by atoms with Crippen molar-refractivity contribution in [1.82, 2.24) is 9.78 Å². The molecule has 0 bridgehead atoms. The molecule has 0 saturated heterocycles. The summed E-state index contributed by atoms with van der Waals surface area (Å²) in [6, 6.07) is 4.72. The summed E-state index contributed by atoms with van der Waals surface area (Å²) in [6.07, 6.45) is 3.68. The Morgan fingerprint density at radius 3 is 2.79 bits per heavy atom. The molecule has 5 heteroatoms. The number of aryl methyl sites for hydroxylation is 2. The molecule has 1 N–H and O–H groups in total. The van der Waals surface area contributed by atoms with Gasteiger partial charge >= 0.3 is 5.97 Å². The maximum atomic E-state index is 11.0. The zero-order valence-electron chi connectivity index (χ0n) is 10.9. The van der Waals surface area contributed by atoms with E-state index in [1.807, 2.05) is 13.2 Å². The predicted molar refractivity (Wildman–Crippen MR) is 74.6 cm³/mol. The number of carboxylic acids is 1. The van der Waals surface area contributed by atoms with E-state index in [9.17, 15) is 4.79 Å². The van der Waals surface area contributed by atoms with Crippen molar-refractivity contribution in [3.63, 3.8) is 0 Å². The van der Waals surface area contributed by atoms with Crippen molar-refractivity contribution in [2.24, 2.45) is 7.05 Å². The third-order valence-electron chi connectivity index (χ3n) is 2.90. The fourth-order valence-electron chi connectivity index (χ4n) is 2.05. The lowest BCUT2D eigenvalue weighted by molar-refractivity contribution is 0.0697. The first kappa shape index (κ1) is 13.6. The Morgan fingerprint density at radius 2 is 2.16 bits per heavy atom. The van der Waals surface area contributed by atoms with Gasteiger partial charge in [-0.25, -0.2) is 4.79 Å². The number of aromatic nitrogens is 2. The van der Waals surface area contributed by atoms with Crippen molar-refractivity contribution >= 4 is 17.6 Å². The zero-order valence-corrected chi connectivity index (χ0v) is 11.6. The Kier molecular flexibility index (Phi) is 3.90. The van der Waals surface area contributed by atoms with Crippen LogP contribution in [0.1, 0.15) is 29.4 Å². The highest BCUT2D eigenvalue weighted by molar-refractivity contribution is 6.33. The van der Waals surface area contributed by atoms with Gasteiger partial charge in [-0.3, -0.25) is 4.68 Å². The van der Waals surface area contributed by atoms with E-state index in [1.54, 1.807) is 16.8 Å². The van der Waals surface area contributed by atoms with Crippen LogP contribution in [0.4, 0.5) is 0 Å². The third kappa shape index (κ3) is 2.79. The Hall–Kier alpha value is -1.81. The SMILES string of the molecule is CCCc1nn(C)cc1-c1cc(C(=O)O)ccc1Cl. The number of hydrogen-bond donors (Lipinski definition) is 1. The van der Waals surface area contributed by atoms with Crippen LogP contribution in [0.5, 0.6) is 0 Å². The Labute approximate surface area is 116 Å². The molecule has 19 heavy (non-hydrogen) atoms.